The molecule has 0 fully saturated rings. The topological polar surface area (TPSA) is 85.8 Å². The van der Waals surface area contributed by atoms with Gasteiger partial charge in [-0.05, 0) is 42.0 Å². The quantitative estimate of drug-likeness (QED) is 0.703. The van der Waals surface area contributed by atoms with E-state index in [0.29, 0.717) is 16.3 Å². The van der Waals surface area contributed by atoms with Gasteiger partial charge in [0.25, 0.3) is 5.91 Å². The van der Waals surface area contributed by atoms with Gasteiger partial charge in [-0.15, -0.1) is 5.10 Å². The van der Waals surface area contributed by atoms with Crippen LogP contribution in [-0.4, -0.2) is 20.9 Å². The number of nitrogens with one attached hydrogen (secondary N) is 1. The Morgan fingerprint density at radius 1 is 1.19 bits per heavy atom. The van der Waals surface area contributed by atoms with Crippen LogP contribution in [0.4, 0.5) is 24.7 Å². The van der Waals surface area contributed by atoms with Gasteiger partial charge in [-0.3, -0.25) is 4.79 Å². The number of anilines is 2. The highest BCUT2D eigenvalue weighted by Gasteiger charge is 2.30. The van der Waals surface area contributed by atoms with Crippen LogP contribution in [0.15, 0.2) is 48.5 Å². The first-order chi connectivity index (χ1) is 12.7. The van der Waals surface area contributed by atoms with Gasteiger partial charge < -0.3 is 11.1 Å². The molecule has 2 aromatic carbocycles. The van der Waals surface area contributed by atoms with Crippen LogP contribution in [0.25, 0.3) is 0 Å². The number of carbonyl (C=O) groups is 1. The third kappa shape index (κ3) is 4.37. The molecule has 6 nitrogen and oxygen atoms in total. The van der Waals surface area contributed by atoms with Crippen molar-refractivity contribution in [2.75, 3.05) is 11.1 Å². The fraction of sp³-hybridized carbons (Fsp3) is 0.118. The van der Waals surface area contributed by atoms with E-state index in [0.717, 1.165) is 16.8 Å². The SMILES string of the molecule is Nc1c(C(=O)Nc2ccc(Cl)cc2)nnn1Cc1cccc(C(F)(F)F)c1. The maximum Gasteiger partial charge on any atom is 0.416 e. The van der Waals surface area contributed by atoms with E-state index in [1.165, 1.54) is 12.1 Å². The van der Waals surface area contributed by atoms with E-state index < -0.39 is 17.6 Å². The molecule has 1 aromatic heterocycles. The molecule has 0 bridgehead atoms. The van der Waals surface area contributed by atoms with Crippen molar-refractivity contribution in [1.82, 2.24) is 15.0 Å². The predicted octanol–water partition coefficient (Wildman–Crippen LogP) is 3.83. The summed E-state index contributed by atoms with van der Waals surface area (Å²) >= 11 is 5.78. The summed E-state index contributed by atoms with van der Waals surface area (Å²) in [6.45, 7) is -0.0586. The Labute approximate surface area is 156 Å². The number of nitrogens with two attached hydrogens (primary N) is 1. The van der Waals surface area contributed by atoms with E-state index in [2.05, 4.69) is 15.6 Å². The van der Waals surface area contributed by atoms with Crippen molar-refractivity contribution < 1.29 is 18.0 Å². The second-order valence-corrected chi connectivity index (χ2v) is 6.08. The van der Waals surface area contributed by atoms with E-state index in [-0.39, 0.29) is 18.1 Å². The van der Waals surface area contributed by atoms with Crippen molar-refractivity contribution in [2.24, 2.45) is 0 Å². The molecule has 10 heteroatoms. The van der Waals surface area contributed by atoms with Gasteiger partial charge >= 0.3 is 6.18 Å². The molecule has 1 amide bonds. The first-order valence-corrected chi connectivity index (χ1v) is 8.04. The van der Waals surface area contributed by atoms with Gasteiger partial charge in [0, 0.05) is 10.7 Å². The lowest BCUT2D eigenvalue weighted by Crippen LogP contribution is -2.15. The number of carbonyl (C=O) groups excluding carboxylic acids is 1. The lowest BCUT2D eigenvalue weighted by Gasteiger charge is -2.09. The number of nitrogens with zero attached hydrogens (tertiary/aromatic N) is 3. The molecule has 0 aliphatic carbocycles. The van der Waals surface area contributed by atoms with Crippen molar-refractivity contribution in [3.05, 3.63) is 70.4 Å². The van der Waals surface area contributed by atoms with E-state index in [1.807, 2.05) is 0 Å². The van der Waals surface area contributed by atoms with Crippen LogP contribution >= 0.6 is 11.6 Å². The molecule has 0 aliphatic rings. The molecule has 0 radical (unpaired) electrons. The molecule has 1 heterocycles. The van der Waals surface area contributed by atoms with E-state index in [4.69, 9.17) is 17.3 Å². The first-order valence-electron chi connectivity index (χ1n) is 7.66. The van der Waals surface area contributed by atoms with E-state index in [9.17, 15) is 18.0 Å². The smallest absolute Gasteiger partial charge is 0.382 e. The number of halogens is 4. The molecule has 0 aliphatic heterocycles. The number of aromatic nitrogens is 3. The van der Waals surface area contributed by atoms with Gasteiger partial charge in [-0.2, -0.15) is 13.2 Å². The van der Waals surface area contributed by atoms with Crippen LogP contribution in [0, 0.1) is 0 Å². The fourth-order valence-electron chi connectivity index (χ4n) is 2.34. The molecule has 3 rings (SSSR count). The normalized spacial score (nSPS) is 11.4. The largest absolute Gasteiger partial charge is 0.416 e. The second kappa shape index (κ2) is 7.28. The molecular weight excluding hydrogens is 383 g/mol. The first kappa shape index (κ1) is 18.7. The van der Waals surface area contributed by atoms with Crippen LogP contribution in [0.1, 0.15) is 21.6 Å². The Hall–Kier alpha value is -3.07. The van der Waals surface area contributed by atoms with Crippen molar-refractivity contribution in [3.63, 3.8) is 0 Å². The number of amides is 1. The van der Waals surface area contributed by atoms with Crippen LogP contribution in [0.2, 0.25) is 5.02 Å². The number of benzene rings is 2. The fourth-order valence-corrected chi connectivity index (χ4v) is 2.47. The number of hydrogen-bond acceptors (Lipinski definition) is 4. The Balaban J connectivity index is 1.77. The molecule has 0 saturated heterocycles. The lowest BCUT2D eigenvalue weighted by atomic mass is 10.1. The summed E-state index contributed by atoms with van der Waals surface area (Å²) in [6.07, 6.45) is -4.45. The number of hydrogen-bond donors (Lipinski definition) is 2. The van der Waals surface area contributed by atoms with E-state index >= 15 is 0 Å². The van der Waals surface area contributed by atoms with Crippen LogP contribution < -0.4 is 11.1 Å². The Kier molecular flexibility index (Phi) is 5.04. The Morgan fingerprint density at radius 2 is 1.89 bits per heavy atom. The highest BCUT2D eigenvalue weighted by molar-refractivity contribution is 6.30. The van der Waals surface area contributed by atoms with Crippen molar-refractivity contribution in [3.8, 4) is 0 Å². The number of alkyl halides is 3. The minimum absolute atomic E-state index is 0.0566. The predicted molar refractivity (Wildman–Crippen MR) is 94.4 cm³/mol. The zero-order valence-corrected chi connectivity index (χ0v) is 14.4. The molecule has 0 spiro atoms. The van der Waals surface area contributed by atoms with Crippen molar-refractivity contribution in [2.45, 2.75) is 12.7 Å². The molecule has 3 aromatic rings. The summed E-state index contributed by atoms with van der Waals surface area (Å²) in [7, 11) is 0. The van der Waals surface area contributed by atoms with E-state index in [1.54, 1.807) is 24.3 Å². The van der Waals surface area contributed by atoms with Crippen LogP contribution in [0.5, 0.6) is 0 Å². The Morgan fingerprint density at radius 3 is 2.56 bits per heavy atom. The van der Waals surface area contributed by atoms with Gasteiger partial charge in [-0.1, -0.05) is 28.9 Å². The van der Waals surface area contributed by atoms with Gasteiger partial charge in [0.05, 0.1) is 12.1 Å². The molecule has 27 heavy (non-hydrogen) atoms. The van der Waals surface area contributed by atoms with Gasteiger partial charge in [0.1, 0.15) is 0 Å². The minimum Gasteiger partial charge on any atom is -0.382 e. The van der Waals surface area contributed by atoms with Crippen molar-refractivity contribution in [1.29, 1.82) is 0 Å². The van der Waals surface area contributed by atoms with Crippen LogP contribution in [-0.2, 0) is 12.7 Å². The Bertz CT molecular complexity index is 969. The van der Waals surface area contributed by atoms with Gasteiger partial charge in [-0.25, -0.2) is 4.68 Å². The highest BCUT2D eigenvalue weighted by Crippen LogP contribution is 2.29. The molecule has 0 unspecified atom stereocenters. The maximum absolute atomic E-state index is 12.8. The summed E-state index contributed by atoms with van der Waals surface area (Å²) in [4.78, 5) is 12.3. The summed E-state index contributed by atoms with van der Waals surface area (Å²) < 4.78 is 39.6. The monoisotopic (exact) mass is 395 g/mol. The molecule has 3 N–H and O–H groups in total. The molecule has 0 atom stereocenters. The summed E-state index contributed by atoms with van der Waals surface area (Å²) in [5.74, 6) is -0.649. The molecule has 0 saturated carbocycles. The minimum atomic E-state index is -4.45. The summed E-state index contributed by atoms with van der Waals surface area (Å²) in [5.41, 5.74) is 5.79. The molecular formula is C17H13ClF3N5O. The lowest BCUT2D eigenvalue weighted by molar-refractivity contribution is -0.137. The van der Waals surface area contributed by atoms with Gasteiger partial charge in [0.15, 0.2) is 11.5 Å². The summed E-state index contributed by atoms with van der Waals surface area (Å²) in [6, 6.07) is 11.2. The van der Waals surface area contributed by atoms with Crippen LogP contribution in [0.3, 0.4) is 0 Å². The average molecular weight is 396 g/mol. The highest BCUT2D eigenvalue weighted by atomic mass is 35.5. The zero-order valence-electron chi connectivity index (χ0n) is 13.7. The third-order valence-corrected chi connectivity index (χ3v) is 3.93. The average Bonchev–Trinajstić information content (AvgIpc) is 2.97. The maximum atomic E-state index is 12.8. The number of nitrogen functional groups attached to an aromatic ring is 1. The number of rotatable bonds is 4. The van der Waals surface area contributed by atoms with Gasteiger partial charge in [0.2, 0.25) is 0 Å². The second-order valence-electron chi connectivity index (χ2n) is 5.64. The van der Waals surface area contributed by atoms with Crippen molar-refractivity contribution >= 4 is 29.0 Å². The molecule has 140 valence electrons. The summed E-state index contributed by atoms with van der Waals surface area (Å²) in [5, 5.41) is 10.6. The standard InChI is InChI=1S/C17H13ClF3N5O/c18-12-4-6-13(7-5-12)23-16(27)14-15(22)26(25-24-14)9-10-2-1-3-11(8-10)17(19,20)21/h1-8H,9,22H2,(H,23,27). The third-order valence-electron chi connectivity index (χ3n) is 3.68. The zero-order chi connectivity index (χ0) is 19.6.